The highest BCUT2D eigenvalue weighted by Gasteiger charge is 2.22. The van der Waals surface area contributed by atoms with Crippen molar-refractivity contribution in [3.05, 3.63) is 34.9 Å². The lowest BCUT2D eigenvalue weighted by molar-refractivity contribution is 0.0992. The van der Waals surface area contributed by atoms with Crippen LogP contribution >= 0.6 is 11.6 Å². The fourth-order valence-corrected chi connectivity index (χ4v) is 3.10. The minimum Gasteiger partial charge on any atom is -0.293 e. The lowest BCUT2D eigenvalue weighted by atomic mass is 10.1. The number of carbonyl (C=O) groups excluding carboxylic acids is 1. The van der Waals surface area contributed by atoms with Crippen LogP contribution in [0, 0.1) is 5.92 Å². The van der Waals surface area contributed by atoms with E-state index in [0.29, 0.717) is 22.3 Å². The van der Waals surface area contributed by atoms with E-state index in [1.165, 1.54) is 0 Å². The number of hydrogen-bond donors (Lipinski definition) is 0. The van der Waals surface area contributed by atoms with Gasteiger partial charge in [-0.1, -0.05) is 31.9 Å². The van der Waals surface area contributed by atoms with Crippen LogP contribution in [0.3, 0.4) is 0 Å². The lowest BCUT2D eigenvalue weighted by Crippen LogP contribution is -2.26. The summed E-state index contributed by atoms with van der Waals surface area (Å²) < 4.78 is 12.1. The summed E-state index contributed by atoms with van der Waals surface area (Å²) in [6.45, 7) is 5.85. The summed E-state index contributed by atoms with van der Waals surface area (Å²) in [6, 6.07) is 6.72. The fourth-order valence-electron chi connectivity index (χ4n) is 1.51. The van der Waals surface area contributed by atoms with Gasteiger partial charge in [-0.15, -0.1) is 0 Å². The molecular formula is C14H19ClO2S. The van der Waals surface area contributed by atoms with Gasteiger partial charge < -0.3 is 0 Å². The summed E-state index contributed by atoms with van der Waals surface area (Å²) in [5.41, 5.74) is 0.574. The maximum Gasteiger partial charge on any atom is 0.178 e. The molecule has 0 fully saturated rings. The highest BCUT2D eigenvalue weighted by molar-refractivity contribution is 7.86. The van der Waals surface area contributed by atoms with Gasteiger partial charge in [0.25, 0.3) is 0 Å². The van der Waals surface area contributed by atoms with Gasteiger partial charge in [-0.2, -0.15) is 0 Å². The van der Waals surface area contributed by atoms with Crippen LogP contribution in [-0.2, 0) is 10.8 Å². The number of ketones is 1. The van der Waals surface area contributed by atoms with Crippen molar-refractivity contribution in [1.29, 1.82) is 0 Å². The number of rotatable bonds is 6. The number of carbonyl (C=O) groups is 1. The summed E-state index contributed by atoms with van der Waals surface area (Å²) in [7, 11) is -1.11. The topological polar surface area (TPSA) is 34.1 Å². The molecule has 0 saturated heterocycles. The second-order valence-corrected chi connectivity index (χ2v) is 6.81. The van der Waals surface area contributed by atoms with Gasteiger partial charge in [0.2, 0.25) is 0 Å². The Bertz CT molecular complexity index is 428. The van der Waals surface area contributed by atoms with Gasteiger partial charge >= 0.3 is 0 Å². The molecule has 0 heterocycles. The van der Waals surface area contributed by atoms with Crippen molar-refractivity contribution in [1.82, 2.24) is 0 Å². The molecule has 100 valence electrons. The van der Waals surface area contributed by atoms with Crippen LogP contribution in [0.5, 0.6) is 0 Å². The van der Waals surface area contributed by atoms with Crippen molar-refractivity contribution in [2.24, 2.45) is 5.92 Å². The Morgan fingerprint density at radius 3 is 2.33 bits per heavy atom. The van der Waals surface area contributed by atoms with Crippen LogP contribution in [-0.4, -0.2) is 21.0 Å². The van der Waals surface area contributed by atoms with E-state index in [9.17, 15) is 9.00 Å². The molecule has 0 aromatic heterocycles. The molecule has 2 nitrogen and oxygen atoms in total. The molecule has 3 unspecified atom stereocenters. The Hall–Kier alpha value is -0.670. The maximum absolute atomic E-state index is 12.1. The lowest BCUT2D eigenvalue weighted by Gasteiger charge is -2.13. The van der Waals surface area contributed by atoms with E-state index in [0.717, 1.165) is 6.42 Å². The number of Topliss-reactive ketones (excluding diaryl/α,β-unsaturated/α-hetero) is 1. The molecule has 0 spiro atoms. The minimum absolute atomic E-state index is 0.0756. The third-order valence-electron chi connectivity index (χ3n) is 3.04. The van der Waals surface area contributed by atoms with Crippen LogP contribution in [0.1, 0.15) is 37.6 Å². The summed E-state index contributed by atoms with van der Waals surface area (Å²) in [4.78, 5) is 12.1. The highest BCUT2D eigenvalue weighted by Crippen LogP contribution is 2.14. The van der Waals surface area contributed by atoms with Crippen LogP contribution in [0.2, 0.25) is 5.02 Å². The maximum atomic E-state index is 12.1. The Morgan fingerprint density at radius 1 is 1.28 bits per heavy atom. The Balaban J connectivity index is 2.71. The zero-order chi connectivity index (χ0) is 13.7. The van der Waals surface area contributed by atoms with E-state index in [-0.39, 0.29) is 5.78 Å². The second-order valence-electron chi connectivity index (χ2n) is 4.57. The molecule has 18 heavy (non-hydrogen) atoms. The first kappa shape index (κ1) is 15.4. The molecule has 1 rings (SSSR count). The molecule has 0 aliphatic carbocycles. The predicted octanol–water partition coefficient (Wildman–Crippen LogP) is 3.71. The molecule has 1 aromatic carbocycles. The first-order chi connectivity index (χ1) is 8.45. The van der Waals surface area contributed by atoms with Gasteiger partial charge in [-0.25, -0.2) is 0 Å². The van der Waals surface area contributed by atoms with Gasteiger partial charge in [0.05, 0.1) is 5.25 Å². The van der Waals surface area contributed by atoms with E-state index >= 15 is 0 Å². The van der Waals surface area contributed by atoms with Crippen LogP contribution in [0.15, 0.2) is 24.3 Å². The number of hydrogen-bond acceptors (Lipinski definition) is 2. The zero-order valence-electron chi connectivity index (χ0n) is 11.0. The largest absolute Gasteiger partial charge is 0.293 e. The molecule has 0 bridgehead atoms. The first-order valence-corrected chi connectivity index (χ1v) is 7.88. The molecule has 0 saturated carbocycles. The quantitative estimate of drug-likeness (QED) is 0.747. The Labute approximate surface area is 116 Å². The van der Waals surface area contributed by atoms with Crippen LogP contribution in [0.4, 0.5) is 0 Å². The van der Waals surface area contributed by atoms with Crippen LogP contribution in [0.25, 0.3) is 0 Å². The average Bonchev–Trinajstić information content (AvgIpc) is 2.37. The molecule has 0 N–H and O–H groups in total. The molecular weight excluding hydrogens is 268 g/mol. The molecule has 0 amide bonds. The number of halogens is 1. The molecule has 0 radical (unpaired) electrons. The third kappa shape index (κ3) is 4.21. The van der Waals surface area contributed by atoms with E-state index < -0.39 is 16.0 Å². The smallest absolute Gasteiger partial charge is 0.178 e. The van der Waals surface area contributed by atoms with Crippen molar-refractivity contribution in [2.45, 2.75) is 32.4 Å². The summed E-state index contributed by atoms with van der Waals surface area (Å²) in [6.07, 6.45) is 0.980. The monoisotopic (exact) mass is 286 g/mol. The normalized spacial score (nSPS) is 16.0. The second kappa shape index (κ2) is 7.05. The van der Waals surface area contributed by atoms with Gasteiger partial charge in [0.1, 0.15) is 0 Å². The standard InChI is InChI=1S/C14H19ClO2S/c1-4-10(2)9-18(17)11(3)14(16)12-5-7-13(15)8-6-12/h5-8,10-11H,4,9H2,1-3H3. The fraction of sp³-hybridized carbons (Fsp3) is 0.500. The van der Waals surface area contributed by atoms with E-state index in [2.05, 4.69) is 13.8 Å². The summed E-state index contributed by atoms with van der Waals surface area (Å²) in [5, 5.41) is 0.139. The van der Waals surface area contributed by atoms with Crippen molar-refractivity contribution in [3.8, 4) is 0 Å². The van der Waals surface area contributed by atoms with Crippen molar-refractivity contribution < 1.29 is 9.00 Å². The van der Waals surface area contributed by atoms with Crippen molar-refractivity contribution in [3.63, 3.8) is 0 Å². The van der Waals surface area contributed by atoms with E-state index in [1.807, 2.05) is 0 Å². The van der Waals surface area contributed by atoms with E-state index in [1.54, 1.807) is 31.2 Å². The Morgan fingerprint density at radius 2 is 1.83 bits per heavy atom. The molecule has 4 heteroatoms. The van der Waals surface area contributed by atoms with Gasteiger partial charge in [0.15, 0.2) is 5.78 Å². The molecule has 1 aromatic rings. The molecule has 3 atom stereocenters. The first-order valence-electron chi connectivity index (χ1n) is 6.12. The zero-order valence-corrected chi connectivity index (χ0v) is 12.6. The van der Waals surface area contributed by atoms with Crippen LogP contribution < -0.4 is 0 Å². The average molecular weight is 287 g/mol. The third-order valence-corrected chi connectivity index (χ3v) is 5.19. The molecule has 0 aliphatic rings. The highest BCUT2D eigenvalue weighted by atomic mass is 35.5. The summed E-state index contributed by atoms with van der Waals surface area (Å²) >= 11 is 5.77. The summed E-state index contributed by atoms with van der Waals surface area (Å²) in [5.74, 6) is 0.886. The minimum atomic E-state index is -1.11. The Kier molecular flexibility index (Phi) is 6.03. The SMILES string of the molecule is CCC(C)CS(=O)C(C)C(=O)c1ccc(Cl)cc1. The van der Waals surface area contributed by atoms with Gasteiger partial charge in [0, 0.05) is 27.1 Å². The predicted molar refractivity (Wildman–Crippen MR) is 77.7 cm³/mol. The molecule has 0 aliphatic heterocycles. The van der Waals surface area contributed by atoms with Crippen molar-refractivity contribution >= 4 is 28.2 Å². The number of benzene rings is 1. The van der Waals surface area contributed by atoms with Gasteiger partial charge in [-0.3, -0.25) is 9.00 Å². The van der Waals surface area contributed by atoms with Gasteiger partial charge in [-0.05, 0) is 37.1 Å². The van der Waals surface area contributed by atoms with Crippen molar-refractivity contribution in [2.75, 3.05) is 5.75 Å². The van der Waals surface area contributed by atoms with E-state index in [4.69, 9.17) is 11.6 Å².